The minimum atomic E-state index is -3.69. The third kappa shape index (κ3) is 12.4. The molecule has 0 bridgehead atoms. The molecule has 0 aromatic heterocycles. The Morgan fingerprint density at radius 3 is 1.90 bits per heavy atom. The summed E-state index contributed by atoms with van der Waals surface area (Å²) in [5.41, 5.74) is 0. The number of amides is 3. The topological polar surface area (TPSA) is 139 Å². The van der Waals surface area contributed by atoms with E-state index < -0.39 is 69.3 Å². The SMILES string of the molecule is CCCN(CCC)C(=O)C1CC(C(=O)NC(CC2CC(F)CC(F)C2)C(O)CN(CC)NS(=O)(=O)C2CCCCC2)CC(C(=O)N(C)C)C1. The number of rotatable bonds is 17. The summed E-state index contributed by atoms with van der Waals surface area (Å²) in [5.74, 6) is -2.84. The molecule has 0 saturated heterocycles. The Morgan fingerprint density at radius 1 is 0.816 bits per heavy atom. The lowest BCUT2D eigenvalue weighted by molar-refractivity contribution is -0.143. The van der Waals surface area contributed by atoms with Gasteiger partial charge in [-0.25, -0.2) is 22.2 Å². The molecule has 7 atom stereocenters. The number of carbonyl (C=O) groups is 3. The number of aliphatic hydroxyl groups is 1. The molecule has 11 nitrogen and oxygen atoms in total. The number of likely N-dealkylation sites (N-methyl/N-ethyl adjacent to an activating group) is 1. The predicted octanol–water partition coefficient (Wildman–Crippen LogP) is 3.96. The highest BCUT2D eigenvalue weighted by Crippen LogP contribution is 2.37. The molecule has 284 valence electrons. The number of hydrogen-bond acceptors (Lipinski definition) is 7. The molecule has 0 aromatic rings. The monoisotopic (exact) mass is 719 g/mol. The van der Waals surface area contributed by atoms with Gasteiger partial charge in [-0.1, -0.05) is 40.0 Å². The average molecular weight is 720 g/mol. The molecule has 49 heavy (non-hydrogen) atoms. The van der Waals surface area contributed by atoms with Gasteiger partial charge >= 0.3 is 0 Å². The van der Waals surface area contributed by atoms with E-state index in [1.54, 1.807) is 21.0 Å². The second-order valence-electron chi connectivity index (χ2n) is 15.0. The van der Waals surface area contributed by atoms with Crippen molar-refractivity contribution in [1.82, 2.24) is 25.0 Å². The fourth-order valence-electron chi connectivity index (χ4n) is 8.10. The number of nitrogens with zero attached hydrogens (tertiary/aromatic N) is 3. The molecular weight excluding hydrogens is 656 g/mol. The Hall–Kier alpha value is -1.90. The molecule has 0 aromatic carbocycles. The van der Waals surface area contributed by atoms with E-state index in [1.165, 1.54) is 9.91 Å². The summed E-state index contributed by atoms with van der Waals surface area (Å²) < 4.78 is 55.3. The second kappa shape index (κ2) is 19.6. The molecule has 0 heterocycles. The smallest absolute Gasteiger partial charge is 0.227 e. The maximum atomic E-state index is 14.4. The number of alkyl halides is 2. The first-order chi connectivity index (χ1) is 23.2. The summed E-state index contributed by atoms with van der Waals surface area (Å²) >= 11 is 0. The van der Waals surface area contributed by atoms with Crippen LogP contribution in [0.2, 0.25) is 0 Å². The summed E-state index contributed by atoms with van der Waals surface area (Å²) in [6.07, 6.45) is 2.46. The maximum absolute atomic E-state index is 14.4. The van der Waals surface area contributed by atoms with E-state index in [2.05, 4.69) is 10.1 Å². The van der Waals surface area contributed by atoms with E-state index in [9.17, 15) is 36.7 Å². The van der Waals surface area contributed by atoms with Crippen molar-refractivity contribution >= 4 is 27.7 Å². The van der Waals surface area contributed by atoms with Crippen LogP contribution in [0.15, 0.2) is 0 Å². The normalized spacial score (nSPS) is 28.1. The number of halogens is 2. The second-order valence-corrected chi connectivity index (χ2v) is 16.9. The van der Waals surface area contributed by atoms with Crippen LogP contribution >= 0.6 is 0 Å². The molecule has 14 heteroatoms. The van der Waals surface area contributed by atoms with E-state index in [4.69, 9.17) is 0 Å². The van der Waals surface area contributed by atoms with Gasteiger partial charge in [0.2, 0.25) is 27.7 Å². The molecule has 3 aliphatic carbocycles. The van der Waals surface area contributed by atoms with Crippen LogP contribution in [0.1, 0.15) is 111 Å². The van der Waals surface area contributed by atoms with Gasteiger partial charge in [0.15, 0.2) is 0 Å². The van der Waals surface area contributed by atoms with Gasteiger partial charge in [-0.2, -0.15) is 0 Å². The Bertz CT molecular complexity index is 1160. The van der Waals surface area contributed by atoms with Gasteiger partial charge in [0.1, 0.15) is 12.3 Å². The molecule has 3 rings (SSSR count). The van der Waals surface area contributed by atoms with Crippen LogP contribution in [-0.2, 0) is 24.4 Å². The van der Waals surface area contributed by atoms with Crippen LogP contribution < -0.4 is 10.1 Å². The van der Waals surface area contributed by atoms with Gasteiger partial charge in [0.05, 0.1) is 17.4 Å². The van der Waals surface area contributed by atoms with Gasteiger partial charge in [0.25, 0.3) is 0 Å². The highest BCUT2D eigenvalue weighted by atomic mass is 32.2. The van der Waals surface area contributed by atoms with E-state index >= 15 is 0 Å². The van der Waals surface area contributed by atoms with Crippen molar-refractivity contribution in [2.24, 2.45) is 23.7 Å². The summed E-state index contributed by atoms with van der Waals surface area (Å²) in [5, 5.41) is 15.4. The van der Waals surface area contributed by atoms with Crippen molar-refractivity contribution < 1.29 is 36.7 Å². The molecule has 7 unspecified atom stereocenters. The van der Waals surface area contributed by atoms with Crippen molar-refractivity contribution in [1.29, 1.82) is 0 Å². The highest BCUT2D eigenvalue weighted by molar-refractivity contribution is 7.90. The van der Waals surface area contributed by atoms with Crippen LogP contribution in [0.3, 0.4) is 0 Å². The van der Waals surface area contributed by atoms with Crippen molar-refractivity contribution in [3.8, 4) is 0 Å². The summed E-state index contributed by atoms with van der Waals surface area (Å²) in [4.78, 5) is 46.9. The van der Waals surface area contributed by atoms with E-state index in [0.717, 1.165) is 32.1 Å². The van der Waals surface area contributed by atoms with Gasteiger partial charge in [-0.05, 0) is 70.1 Å². The van der Waals surface area contributed by atoms with E-state index in [-0.39, 0.29) is 63.4 Å². The first-order valence-corrected chi connectivity index (χ1v) is 20.3. The number of hydrogen-bond donors (Lipinski definition) is 3. The van der Waals surface area contributed by atoms with Crippen LogP contribution in [0, 0.1) is 23.7 Å². The van der Waals surface area contributed by atoms with Crippen LogP contribution in [0.25, 0.3) is 0 Å². The lowest BCUT2D eigenvalue weighted by Crippen LogP contribution is -2.55. The minimum absolute atomic E-state index is 0.0663. The van der Waals surface area contributed by atoms with Gasteiger partial charge < -0.3 is 20.2 Å². The number of sulfonamides is 1. The molecule has 3 saturated carbocycles. The predicted molar refractivity (Wildman–Crippen MR) is 186 cm³/mol. The molecule has 0 spiro atoms. The third-order valence-electron chi connectivity index (χ3n) is 10.6. The number of carbonyl (C=O) groups excluding carboxylic acids is 3. The van der Waals surface area contributed by atoms with Gasteiger partial charge in [-0.3, -0.25) is 14.4 Å². The first-order valence-electron chi connectivity index (χ1n) is 18.7. The van der Waals surface area contributed by atoms with Gasteiger partial charge in [-0.15, -0.1) is 4.83 Å². The maximum Gasteiger partial charge on any atom is 0.227 e. The molecule has 3 aliphatic rings. The van der Waals surface area contributed by atoms with E-state index in [0.29, 0.717) is 32.4 Å². The van der Waals surface area contributed by atoms with Crippen LogP contribution in [0.5, 0.6) is 0 Å². The summed E-state index contributed by atoms with van der Waals surface area (Å²) in [6.45, 7) is 7.04. The number of hydrazine groups is 1. The molecule has 0 aliphatic heterocycles. The average Bonchev–Trinajstić information content (AvgIpc) is 3.06. The van der Waals surface area contributed by atoms with Crippen LogP contribution in [-0.4, -0.2) is 116 Å². The summed E-state index contributed by atoms with van der Waals surface area (Å²) in [6, 6.07) is -0.931. The molecule has 3 N–H and O–H groups in total. The molecule has 3 amide bonds. The first kappa shape index (κ1) is 41.5. The van der Waals surface area contributed by atoms with E-state index in [1.807, 2.05) is 18.7 Å². The summed E-state index contributed by atoms with van der Waals surface area (Å²) in [7, 11) is -0.391. The zero-order valence-corrected chi connectivity index (χ0v) is 31.2. The van der Waals surface area contributed by atoms with Crippen molar-refractivity contribution in [2.75, 3.05) is 40.3 Å². The van der Waals surface area contributed by atoms with Gasteiger partial charge in [0, 0.05) is 64.4 Å². The van der Waals surface area contributed by atoms with Crippen molar-refractivity contribution in [3.63, 3.8) is 0 Å². The molecular formula is C35H63F2N5O6S. The number of aliphatic hydroxyl groups excluding tert-OH is 1. The lowest BCUT2D eigenvalue weighted by atomic mass is 9.73. The van der Waals surface area contributed by atoms with Crippen molar-refractivity contribution in [3.05, 3.63) is 0 Å². The van der Waals surface area contributed by atoms with Crippen molar-refractivity contribution in [2.45, 2.75) is 140 Å². The standard InChI is InChI=1S/C35H63F2N5O6S/c1-6-14-41(15-7-2)35(46)27-20-25(19-26(21-27)34(45)40(4)5)33(44)38-31(18-24-16-28(36)22-29(37)17-24)32(43)23-42(8-3)39-49(47,48)30-12-10-9-11-13-30/h24-32,39,43H,6-23H2,1-5H3,(H,38,44). The Labute approximate surface area is 293 Å². The highest BCUT2D eigenvalue weighted by Gasteiger charge is 2.42. The number of nitrogens with one attached hydrogen (secondary N) is 2. The Kier molecular flexibility index (Phi) is 16.6. The Balaban J connectivity index is 1.83. The van der Waals surface area contributed by atoms with Crippen LogP contribution in [0.4, 0.5) is 8.78 Å². The zero-order chi connectivity index (χ0) is 36.3. The minimum Gasteiger partial charge on any atom is -0.390 e. The molecule has 3 fully saturated rings. The fraction of sp³-hybridized carbons (Fsp3) is 0.914. The quantitative estimate of drug-likeness (QED) is 0.194. The zero-order valence-electron chi connectivity index (χ0n) is 30.4. The fourth-order valence-corrected chi connectivity index (χ4v) is 9.77. The lowest BCUT2D eigenvalue weighted by Gasteiger charge is -2.38. The molecule has 0 radical (unpaired) electrons. The third-order valence-corrected chi connectivity index (χ3v) is 12.5. The largest absolute Gasteiger partial charge is 0.390 e. The Morgan fingerprint density at radius 2 is 1.37 bits per heavy atom.